The predicted octanol–water partition coefficient (Wildman–Crippen LogP) is 6.42. The van der Waals surface area contributed by atoms with E-state index in [4.69, 9.17) is 5.73 Å². The summed E-state index contributed by atoms with van der Waals surface area (Å²) in [5, 5.41) is 0. The molecule has 0 saturated carbocycles. The molecule has 0 spiro atoms. The van der Waals surface area contributed by atoms with E-state index in [9.17, 15) is 4.79 Å². The van der Waals surface area contributed by atoms with Crippen molar-refractivity contribution in [3.05, 3.63) is 108 Å². The minimum atomic E-state index is -0.387. The zero-order chi connectivity index (χ0) is 21.8. The molecule has 0 aliphatic rings. The van der Waals surface area contributed by atoms with Crippen LogP contribution in [0.5, 0.6) is 0 Å². The van der Waals surface area contributed by atoms with Crippen LogP contribution in [0.2, 0.25) is 0 Å². The molecule has 1 amide bonds. The molecule has 1 unspecified atom stereocenters. The smallest absolute Gasteiger partial charge is 0.251 e. The van der Waals surface area contributed by atoms with Crippen molar-refractivity contribution in [1.82, 2.24) is 4.57 Å². The maximum absolute atomic E-state index is 12.6. The minimum Gasteiger partial charge on any atom is -0.366 e. The molecule has 1 heterocycles. The number of aromatic nitrogens is 1. The van der Waals surface area contributed by atoms with Crippen LogP contribution < -0.4 is 5.73 Å². The molecular formula is C28H28N2O. The Morgan fingerprint density at radius 2 is 1.35 bits per heavy atom. The molecule has 4 aromatic rings. The lowest BCUT2D eigenvalue weighted by Gasteiger charge is -2.21. The van der Waals surface area contributed by atoms with Gasteiger partial charge in [-0.25, -0.2) is 0 Å². The van der Waals surface area contributed by atoms with E-state index < -0.39 is 0 Å². The van der Waals surface area contributed by atoms with Gasteiger partial charge in [0.25, 0.3) is 5.91 Å². The molecule has 3 nitrogen and oxygen atoms in total. The van der Waals surface area contributed by atoms with E-state index in [0.717, 1.165) is 40.9 Å². The van der Waals surface area contributed by atoms with Crippen LogP contribution in [0.1, 0.15) is 41.0 Å². The Morgan fingerprint density at radius 3 is 1.90 bits per heavy atom. The molecule has 4 rings (SSSR count). The fourth-order valence-electron chi connectivity index (χ4n) is 4.48. The standard InChI is InChI=1S/C28H28N2O/c1-20(18-19-22-12-6-3-7-13-22)30-21(2)25(28(29)31)26(23-14-8-4-9-15-23)27(30)24-16-10-5-11-17-24/h3-17,20H,18-19H2,1-2H3,(H2,29,31). The second-order valence-corrected chi connectivity index (χ2v) is 8.02. The van der Waals surface area contributed by atoms with Crippen LogP contribution in [0.15, 0.2) is 91.0 Å². The summed E-state index contributed by atoms with van der Waals surface area (Å²) >= 11 is 0. The number of aryl methyl sites for hydroxylation is 1. The number of amides is 1. The van der Waals surface area contributed by atoms with Gasteiger partial charge < -0.3 is 10.3 Å². The zero-order valence-corrected chi connectivity index (χ0v) is 18.1. The number of carbonyl (C=O) groups is 1. The lowest BCUT2D eigenvalue weighted by molar-refractivity contribution is 0.1000. The van der Waals surface area contributed by atoms with Crippen molar-refractivity contribution >= 4 is 5.91 Å². The molecule has 1 atom stereocenters. The van der Waals surface area contributed by atoms with Gasteiger partial charge in [0, 0.05) is 17.3 Å². The Labute approximate surface area is 184 Å². The van der Waals surface area contributed by atoms with Gasteiger partial charge in [-0.2, -0.15) is 0 Å². The number of nitrogens with two attached hydrogens (primary N) is 1. The lowest BCUT2D eigenvalue weighted by Crippen LogP contribution is -2.14. The van der Waals surface area contributed by atoms with Crippen molar-refractivity contribution in [3.8, 4) is 22.4 Å². The van der Waals surface area contributed by atoms with Crippen LogP contribution in [-0.2, 0) is 6.42 Å². The highest BCUT2D eigenvalue weighted by Gasteiger charge is 2.27. The first kappa shape index (κ1) is 20.7. The molecule has 0 bridgehead atoms. The second-order valence-electron chi connectivity index (χ2n) is 8.02. The summed E-state index contributed by atoms with van der Waals surface area (Å²) in [6.07, 6.45) is 1.94. The third-order valence-electron chi connectivity index (χ3n) is 5.94. The molecular weight excluding hydrogens is 380 g/mol. The Morgan fingerprint density at radius 1 is 0.839 bits per heavy atom. The summed E-state index contributed by atoms with van der Waals surface area (Å²) < 4.78 is 2.31. The number of nitrogens with zero attached hydrogens (tertiary/aromatic N) is 1. The number of primary amides is 1. The van der Waals surface area contributed by atoms with Gasteiger partial charge >= 0.3 is 0 Å². The summed E-state index contributed by atoms with van der Waals surface area (Å²) in [7, 11) is 0. The summed E-state index contributed by atoms with van der Waals surface area (Å²) in [5.41, 5.74) is 12.8. The predicted molar refractivity (Wildman–Crippen MR) is 128 cm³/mol. The lowest BCUT2D eigenvalue weighted by atomic mass is 9.96. The molecule has 2 N–H and O–H groups in total. The van der Waals surface area contributed by atoms with Gasteiger partial charge in [0.05, 0.1) is 11.3 Å². The van der Waals surface area contributed by atoms with Crippen molar-refractivity contribution in [2.45, 2.75) is 32.7 Å². The summed E-state index contributed by atoms with van der Waals surface area (Å²) in [5.74, 6) is -0.387. The summed E-state index contributed by atoms with van der Waals surface area (Å²) in [4.78, 5) is 12.6. The zero-order valence-electron chi connectivity index (χ0n) is 18.1. The van der Waals surface area contributed by atoms with Crippen molar-refractivity contribution in [1.29, 1.82) is 0 Å². The molecule has 0 aliphatic heterocycles. The fourth-order valence-corrected chi connectivity index (χ4v) is 4.48. The second kappa shape index (κ2) is 9.05. The van der Waals surface area contributed by atoms with Crippen LogP contribution >= 0.6 is 0 Å². The number of benzene rings is 3. The molecule has 1 aromatic heterocycles. The average molecular weight is 409 g/mol. The number of carbonyl (C=O) groups excluding carboxylic acids is 1. The van der Waals surface area contributed by atoms with E-state index in [0.29, 0.717) is 5.56 Å². The van der Waals surface area contributed by atoms with Gasteiger partial charge in [-0.15, -0.1) is 0 Å². The van der Waals surface area contributed by atoms with Crippen molar-refractivity contribution in [2.24, 2.45) is 5.73 Å². The number of rotatable bonds is 7. The van der Waals surface area contributed by atoms with Gasteiger partial charge in [0.15, 0.2) is 0 Å². The first-order valence-electron chi connectivity index (χ1n) is 10.8. The number of hydrogen-bond acceptors (Lipinski definition) is 1. The van der Waals surface area contributed by atoms with Gasteiger partial charge in [-0.3, -0.25) is 4.79 Å². The molecule has 0 radical (unpaired) electrons. The van der Waals surface area contributed by atoms with Crippen LogP contribution in [0.25, 0.3) is 22.4 Å². The Kier molecular flexibility index (Phi) is 6.03. The van der Waals surface area contributed by atoms with Gasteiger partial charge in [-0.1, -0.05) is 91.0 Å². The molecule has 3 heteroatoms. The SMILES string of the molecule is Cc1c(C(N)=O)c(-c2ccccc2)c(-c2ccccc2)n1C(C)CCc1ccccc1. The van der Waals surface area contributed by atoms with Crippen LogP contribution in [-0.4, -0.2) is 10.5 Å². The monoisotopic (exact) mass is 408 g/mol. The Balaban J connectivity index is 1.89. The van der Waals surface area contributed by atoms with Crippen LogP contribution in [0.4, 0.5) is 0 Å². The van der Waals surface area contributed by atoms with E-state index >= 15 is 0 Å². The summed E-state index contributed by atoms with van der Waals surface area (Å²) in [6.45, 7) is 4.24. The maximum Gasteiger partial charge on any atom is 0.251 e. The Hall–Kier alpha value is -3.59. The largest absolute Gasteiger partial charge is 0.366 e. The normalized spacial score (nSPS) is 11.9. The Bertz CT molecular complexity index is 1160. The highest BCUT2D eigenvalue weighted by Crippen LogP contribution is 2.41. The van der Waals surface area contributed by atoms with E-state index in [1.807, 2.05) is 61.5 Å². The van der Waals surface area contributed by atoms with E-state index in [1.165, 1.54) is 5.56 Å². The molecule has 3 aromatic carbocycles. The summed E-state index contributed by atoms with van der Waals surface area (Å²) in [6, 6.07) is 31.1. The fraction of sp³-hybridized carbons (Fsp3) is 0.179. The molecule has 31 heavy (non-hydrogen) atoms. The molecule has 156 valence electrons. The van der Waals surface area contributed by atoms with Crippen LogP contribution in [0.3, 0.4) is 0 Å². The quantitative estimate of drug-likeness (QED) is 0.377. The van der Waals surface area contributed by atoms with Gasteiger partial charge in [-0.05, 0) is 43.4 Å². The van der Waals surface area contributed by atoms with Crippen molar-refractivity contribution in [2.75, 3.05) is 0 Å². The maximum atomic E-state index is 12.6. The van der Waals surface area contributed by atoms with Gasteiger partial charge in [0.1, 0.15) is 0 Å². The topological polar surface area (TPSA) is 48.0 Å². The van der Waals surface area contributed by atoms with Crippen LogP contribution in [0, 0.1) is 6.92 Å². The van der Waals surface area contributed by atoms with E-state index in [2.05, 4.69) is 47.9 Å². The average Bonchev–Trinajstić information content (AvgIpc) is 3.12. The third-order valence-corrected chi connectivity index (χ3v) is 5.94. The van der Waals surface area contributed by atoms with Crippen molar-refractivity contribution < 1.29 is 4.79 Å². The minimum absolute atomic E-state index is 0.200. The molecule has 0 aliphatic carbocycles. The molecule has 0 saturated heterocycles. The van der Waals surface area contributed by atoms with E-state index in [1.54, 1.807) is 0 Å². The first-order chi connectivity index (χ1) is 15.1. The molecule has 0 fully saturated rings. The van der Waals surface area contributed by atoms with Crippen molar-refractivity contribution in [3.63, 3.8) is 0 Å². The van der Waals surface area contributed by atoms with Gasteiger partial charge in [0.2, 0.25) is 0 Å². The third kappa shape index (κ3) is 4.17. The highest BCUT2D eigenvalue weighted by molar-refractivity contribution is 6.05. The highest BCUT2D eigenvalue weighted by atomic mass is 16.1. The first-order valence-corrected chi connectivity index (χ1v) is 10.8. The van der Waals surface area contributed by atoms with E-state index in [-0.39, 0.29) is 11.9 Å². The number of hydrogen-bond donors (Lipinski definition) is 1.